The van der Waals surface area contributed by atoms with Crippen molar-refractivity contribution < 1.29 is 19.8 Å². The van der Waals surface area contributed by atoms with Crippen molar-refractivity contribution in [1.82, 2.24) is 0 Å². The largest absolute Gasteiger partial charge is 0.507 e. The first-order valence-electron chi connectivity index (χ1n) is 10.4. The topological polar surface area (TPSA) is 77.8 Å². The zero-order chi connectivity index (χ0) is 24.0. The number of anilines is 1. The Hall–Kier alpha value is -3.80. The van der Waals surface area contributed by atoms with Crippen LogP contribution >= 0.6 is 23.2 Å². The second kappa shape index (κ2) is 8.52. The molecule has 1 saturated heterocycles. The molecule has 168 valence electrons. The monoisotopic (exact) mass is 489 g/mol. The number of phenolic OH excluding ortho intramolecular Hbond substituents is 1. The number of benzene rings is 4. The molecule has 5 nitrogen and oxygen atoms in total. The van der Waals surface area contributed by atoms with Crippen molar-refractivity contribution in [3.05, 3.63) is 112 Å². The quantitative estimate of drug-likeness (QED) is 0.196. The van der Waals surface area contributed by atoms with Crippen molar-refractivity contribution in [1.29, 1.82) is 0 Å². The third kappa shape index (κ3) is 3.69. The molecule has 0 radical (unpaired) electrons. The summed E-state index contributed by atoms with van der Waals surface area (Å²) in [4.78, 5) is 27.8. The first kappa shape index (κ1) is 22.0. The number of nitrogens with zero attached hydrogens (tertiary/aromatic N) is 1. The van der Waals surface area contributed by atoms with Gasteiger partial charge in [-0.3, -0.25) is 14.5 Å². The fourth-order valence-electron chi connectivity index (χ4n) is 4.23. The molecule has 1 aliphatic rings. The number of halogens is 2. The Bertz CT molecular complexity index is 1510. The number of aromatic hydroxyl groups is 1. The molecule has 5 rings (SSSR count). The number of rotatable bonds is 3. The average molecular weight is 490 g/mol. The van der Waals surface area contributed by atoms with Crippen LogP contribution in [0.4, 0.5) is 5.69 Å². The van der Waals surface area contributed by atoms with Crippen LogP contribution in [0.25, 0.3) is 16.5 Å². The van der Waals surface area contributed by atoms with Crippen molar-refractivity contribution in [3.8, 4) is 5.75 Å². The number of ketones is 1. The normalized spacial score (nSPS) is 17.5. The van der Waals surface area contributed by atoms with Gasteiger partial charge in [0, 0.05) is 16.3 Å². The predicted molar refractivity (Wildman–Crippen MR) is 133 cm³/mol. The Labute approximate surface area is 205 Å². The molecule has 0 aliphatic carbocycles. The first-order chi connectivity index (χ1) is 16.3. The first-order valence-corrected chi connectivity index (χ1v) is 11.1. The predicted octanol–water partition coefficient (Wildman–Crippen LogP) is 6.48. The van der Waals surface area contributed by atoms with E-state index < -0.39 is 17.7 Å². The molecule has 0 aromatic heterocycles. The summed E-state index contributed by atoms with van der Waals surface area (Å²) in [5.74, 6) is -2.08. The van der Waals surface area contributed by atoms with Gasteiger partial charge in [-0.1, -0.05) is 71.7 Å². The van der Waals surface area contributed by atoms with E-state index in [4.69, 9.17) is 23.2 Å². The van der Waals surface area contributed by atoms with Crippen LogP contribution in [0, 0.1) is 0 Å². The van der Waals surface area contributed by atoms with Crippen LogP contribution in [-0.2, 0) is 9.59 Å². The molecule has 0 saturated carbocycles. The Morgan fingerprint density at radius 3 is 2.32 bits per heavy atom. The van der Waals surface area contributed by atoms with Crippen molar-refractivity contribution in [2.24, 2.45) is 0 Å². The highest BCUT2D eigenvalue weighted by atomic mass is 35.5. The second-order valence-electron chi connectivity index (χ2n) is 7.92. The molecule has 0 bridgehead atoms. The molecular formula is C27H17Cl2NO4. The van der Waals surface area contributed by atoms with Gasteiger partial charge in [-0.25, -0.2) is 0 Å². The molecule has 34 heavy (non-hydrogen) atoms. The van der Waals surface area contributed by atoms with Crippen molar-refractivity contribution in [2.75, 3.05) is 4.90 Å². The summed E-state index contributed by atoms with van der Waals surface area (Å²) in [6.07, 6.45) is 0. The minimum atomic E-state index is -0.983. The van der Waals surface area contributed by atoms with E-state index in [0.717, 1.165) is 10.8 Å². The summed E-state index contributed by atoms with van der Waals surface area (Å²) in [5.41, 5.74) is 1.16. The van der Waals surface area contributed by atoms with E-state index in [1.807, 2.05) is 30.3 Å². The van der Waals surface area contributed by atoms with Crippen molar-refractivity contribution >= 4 is 57.1 Å². The van der Waals surface area contributed by atoms with E-state index in [9.17, 15) is 19.8 Å². The number of hydrogen-bond donors (Lipinski definition) is 2. The standard InChI is InChI=1S/C27H17Cl2NO4/c28-19-6-3-7-20(14-19)30-24(17-10-11-22(31)21(29)13-17)23(26(33)27(30)34)25(32)18-9-8-15-4-1-2-5-16(15)12-18/h1-14,24,31-32H/b25-23-. The van der Waals surface area contributed by atoms with Crippen LogP contribution in [-0.4, -0.2) is 21.9 Å². The summed E-state index contributed by atoms with van der Waals surface area (Å²) >= 11 is 12.3. The van der Waals surface area contributed by atoms with E-state index in [0.29, 0.717) is 21.8 Å². The number of Topliss-reactive ketones (excluding diaryl/α,β-unsaturated/α-hetero) is 1. The van der Waals surface area contributed by atoms with Crippen LogP contribution < -0.4 is 4.90 Å². The smallest absolute Gasteiger partial charge is 0.300 e. The second-order valence-corrected chi connectivity index (χ2v) is 8.77. The van der Waals surface area contributed by atoms with E-state index >= 15 is 0 Å². The van der Waals surface area contributed by atoms with Gasteiger partial charge in [0.05, 0.1) is 16.6 Å². The molecule has 1 atom stereocenters. The van der Waals surface area contributed by atoms with Crippen LogP contribution in [0.1, 0.15) is 17.2 Å². The number of hydrogen-bond acceptors (Lipinski definition) is 4. The van der Waals surface area contributed by atoms with Gasteiger partial charge in [0.1, 0.15) is 11.5 Å². The summed E-state index contributed by atoms with van der Waals surface area (Å²) in [6.45, 7) is 0. The van der Waals surface area contributed by atoms with Gasteiger partial charge < -0.3 is 10.2 Å². The Morgan fingerprint density at radius 1 is 0.824 bits per heavy atom. The summed E-state index contributed by atoms with van der Waals surface area (Å²) in [7, 11) is 0. The number of carbonyl (C=O) groups is 2. The highest BCUT2D eigenvalue weighted by molar-refractivity contribution is 6.52. The summed E-state index contributed by atoms with van der Waals surface area (Å²) in [5, 5.41) is 23.5. The third-order valence-electron chi connectivity index (χ3n) is 5.84. The molecule has 2 N–H and O–H groups in total. The lowest BCUT2D eigenvalue weighted by molar-refractivity contribution is -0.132. The lowest BCUT2D eigenvalue weighted by Gasteiger charge is -2.26. The van der Waals surface area contributed by atoms with Crippen LogP contribution in [0.5, 0.6) is 5.75 Å². The van der Waals surface area contributed by atoms with Crippen molar-refractivity contribution in [3.63, 3.8) is 0 Å². The van der Waals surface area contributed by atoms with Gasteiger partial charge in [-0.15, -0.1) is 0 Å². The summed E-state index contributed by atoms with van der Waals surface area (Å²) < 4.78 is 0. The third-order valence-corrected chi connectivity index (χ3v) is 6.38. The minimum Gasteiger partial charge on any atom is -0.507 e. The Kier molecular flexibility index (Phi) is 5.52. The lowest BCUT2D eigenvalue weighted by Crippen LogP contribution is -2.29. The maximum absolute atomic E-state index is 13.3. The van der Waals surface area contributed by atoms with E-state index in [-0.39, 0.29) is 22.1 Å². The fourth-order valence-corrected chi connectivity index (χ4v) is 4.60. The minimum absolute atomic E-state index is 0.0555. The average Bonchev–Trinajstić information content (AvgIpc) is 3.10. The number of fused-ring (bicyclic) bond motifs is 1. The zero-order valence-electron chi connectivity index (χ0n) is 17.6. The molecule has 1 fully saturated rings. The van der Waals surface area contributed by atoms with Gasteiger partial charge in [0.2, 0.25) is 0 Å². The molecule has 1 amide bonds. The maximum atomic E-state index is 13.3. The molecule has 1 aliphatic heterocycles. The van der Waals surface area contributed by atoms with Gasteiger partial charge in [-0.2, -0.15) is 0 Å². The number of aliphatic hydroxyl groups excluding tert-OH is 1. The molecule has 7 heteroatoms. The van der Waals surface area contributed by atoms with Crippen LogP contribution in [0.15, 0.2) is 90.5 Å². The van der Waals surface area contributed by atoms with Gasteiger partial charge in [0.25, 0.3) is 11.7 Å². The SMILES string of the molecule is O=C1C(=O)N(c2cccc(Cl)c2)C(c2ccc(O)c(Cl)c2)/C1=C(/O)c1ccc2ccccc2c1. The fraction of sp³-hybridized carbons (Fsp3) is 0.0370. The Morgan fingerprint density at radius 2 is 1.59 bits per heavy atom. The molecule has 1 heterocycles. The molecule has 1 unspecified atom stereocenters. The van der Waals surface area contributed by atoms with Gasteiger partial charge in [-0.05, 0) is 52.7 Å². The molecule has 0 spiro atoms. The number of aliphatic hydroxyl groups is 1. The lowest BCUT2D eigenvalue weighted by atomic mass is 9.94. The molecular weight excluding hydrogens is 473 g/mol. The number of carbonyl (C=O) groups excluding carboxylic acids is 2. The van der Waals surface area contributed by atoms with E-state index in [1.54, 1.807) is 42.5 Å². The number of phenols is 1. The highest BCUT2D eigenvalue weighted by Gasteiger charge is 2.47. The number of amides is 1. The zero-order valence-corrected chi connectivity index (χ0v) is 19.1. The van der Waals surface area contributed by atoms with Crippen LogP contribution in [0.3, 0.4) is 0 Å². The molecule has 4 aromatic rings. The summed E-state index contributed by atoms with van der Waals surface area (Å²) in [6, 6.07) is 22.9. The van der Waals surface area contributed by atoms with Gasteiger partial charge in [0.15, 0.2) is 0 Å². The maximum Gasteiger partial charge on any atom is 0.300 e. The Balaban J connectivity index is 1.75. The van der Waals surface area contributed by atoms with Crippen LogP contribution in [0.2, 0.25) is 10.0 Å². The van der Waals surface area contributed by atoms with Gasteiger partial charge >= 0.3 is 0 Å². The van der Waals surface area contributed by atoms with Crippen molar-refractivity contribution in [2.45, 2.75) is 6.04 Å². The molecule has 4 aromatic carbocycles. The van der Waals surface area contributed by atoms with E-state index in [1.165, 1.54) is 17.0 Å². The highest BCUT2D eigenvalue weighted by Crippen LogP contribution is 2.44. The van der Waals surface area contributed by atoms with E-state index in [2.05, 4.69) is 0 Å².